The van der Waals surface area contributed by atoms with Crippen molar-refractivity contribution in [2.45, 2.75) is 6.42 Å². The van der Waals surface area contributed by atoms with Crippen LogP contribution in [-0.2, 0) is 4.79 Å². The van der Waals surface area contributed by atoms with Gasteiger partial charge in [0.05, 0.1) is 6.42 Å². The van der Waals surface area contributed by atoms with E-state index in [1.807, 2.05) is 0 Å². The Kier molecular flexibility index (Phi) is 4.17. The molecule has 0 bridgehead atoms. The molecule has 1 amide bonds. The average molecular weight is 225 g/mol. The number of benzene rings is 1. The van der Waals surface area contributed by atoms with Gasteiger partial charge in [0.1, 0.15) is 0 Å². The number of carbonyl (C=O) groups is 1. The molecule has 16 heavy (non-hydrogen) atoms. The van der Waals surface area contributed by atoms with E-state index in [1.165, 1.54) is 4.90 Å². The van der Waals surface area contributed by atoms with Gasteiger partial charge < -0.3 is 4.90 Å². The maximum absolute atomic E-state index is 12.7. The van der Waals surface area contributed by atoms with E-state index in [4.69, 9.17) is 0 Å². The van der Waals surface area contributed by atoms with Crippen LogP contribution >= 0.6 is 0 Å². The van der Waals surface area contributed by atoms with E-state index in [9.17, 15) is 13.6 Å². The molecule has 0 fully saturated rings. The molecule has 86 valence electrons. The topological polar surface area (TPSA) is 20.3 Å². The molecule has 0 radical (unpaired) electrons. The number of halogens is 2. The highest BCUT2D eigenvalue weighted by Gasteiger charge is 2.14. The Hall–Kier alpha value is -1.71. The monoisotopic (exact) mass is 225 g/mol. The molecule has 0 aliphatic heterocycles. The smallest absolute Gasteiger partial charge is 0.274 e. The molecular weight excluding hydrogens is 212 g/mol. The molecular formula is C12H13F2NO. The molecule has 0 N–H and O–H groups in total. The number of hydrogen-bond donors (Lipinski definition) is 0. The van der Waals surface area contributed by atoms with Crippen molar-refractivity contribution in [1.29, 1.82) is 0 Å². The fraction of sp³-hybridized carbons (Fsp3) is 0.250. The van der Waals surface area contributed by atoms with E-state index in [0.29, 0.717) is 5.56 Å². The van der Waals surface area contributed by atoms with Crippen molar-refractivity contribution in [3.63, 3.8) is 0 Å². The van der Waals surface area contributed by atoms with E-state index in [0.717, 1.165) is 0 Å². The van der Waals surface area contributed by atoms with Crippen LogP contribution < -0.4 is 0 Å². The first-order valence-corrected chi connectivity index (χ1v) is 4.82. The average Bonchev–Trinajstić information content (AvgIpc) is 2.26. The Morgan fingerprint density at radius 3 is 2.19 bits per heavy atom. The number of amides is 1. The first-order chi connectivity index (χ1) is 7.52. The van der Waals surface area contributed by atoms with Crippen molar-refractivity contribution >= 4 is 11.5 Å². The van der Waals surface area contributed by atoms with Crippen LogP contribution in [-0.4, -0.2) is 24.9 Å². The van der Waals surface area contributed by atoms with Crippen molar-refractivity contribution in [2.24, 2.45) is 0 Å². The predicted molar refractivity (Wildman–Crippen MR) is 58.9 cm³/mol. The summed E-state index contributed by atoms with van der Waals surface area (Å²) >= 11 is 0. The molecule has 0 atom stereocenters. The van der Waals surface area contributed by atoms with Crippen molar-refractivity contribution in [3.8, 4) is 0 Å². The summed E-state index contributed by atoms with van der Waals surface area (Å²) < 4.78 is 25.4. The van der Waals surface area contributed by atoms with Gasteiger partial charge in [-0.15, -0.1) is 0 Å². The Balaban J connectivity index is 2.96. The van der Waals surface area contributed by atoms with Gasteiger partial charge in [-0.2, -0.15) is 8.78 Å². The summed E-state index contributed by atoms with van der Waals surface area (Å²) in [6, 6.07) is 8.21. The number of nitrogens with zero attached hydrogens (tertiary/aromatic N) is 1. The zero-order valence-corrected chi connectivity index (χ0v) is 9.21. The highest BCUT2D eigenvalue weighted by Crippen LogP contribution is 2.24. The highest BCUT2D eigenvalue weighted by atomic mass is 19.3. The lowest BCUT2D eigenvalue weighted by atomic mass is 10.0. The second kappa shape index (κ2) is 5.39. The Morgan fingerprint density at radius 2 is 1.75 bits per heavy atom. The third kappa shape index (κ3) is 3.15. The lowest BCUT2D eigenvalue weighted by Crippen LogP contribution is -2.21. The molecule has 1 aromatic carbocycles. The SMILES string of the molecule is CN(C)C(=O)CC(=C(F)F)c1ccccc1. The molecule has 2 nitrogen and oxygen atoms in total. The minimum absolute atomic E-state index is 0.209. The van der Waals surface area contributed by atoms with E-state index < -0.39 is 6.08 Å². The van der Waals surface area contributed by atoms with Crippen molar-refractivity contribution in [3.05, 3.63) is 42.0 Å². The second-order valence-electron chi connectivity index (χ2n) is 3.57. The van der Waals surface area contributed by atoms with E-state index in [1.54, 1.807) is 44.4 Å². The summed E-state index contributed by atoms with van der Waals surface area (Å²) in [6.07, 6.45) is -2.08. The molecule has 0 unspecified atom stereocenters. The van der Waals surface area contributed by atoms with Crippen LogP contribution in [0.5, 0.6) is 0 Å². The zero-order valence-electron chi connectivity index (χ0n) is 9.21. The van der Waals surface area contributed by atoms with Crippen LogP contribution in [0, 0.1) is 0 Å². The minimum Gasteiger partial charge on any atom is -0.349 e. The van der Waals surface area contributed by atoms with Gasteiger partial charge in [-0.05, 0) is 5.56 Å². The first kappa shape index (κ1) is 12.4. The largest absolute Gasteiger partial charge is 0.349 e. The van der Waals surface area contributed by atoms with Crippen molar-refractivity contribution in [2.75, 3.05) is 14.1 Å². The fourth-order valence-electron chi connectivity index (χ4n) is 1.23. The Labute approximate surface area is 93.2 Å². The standard InChI is InChI=1S/C12H13F2NO/c1-15(2)11(16)8-10(12(13)14)9-6-4-3-5-7-9/h3-7H,8H2,1-2H3. The number of hydrogen-bond acceptors (Lipinski definition) is 1. The van der Waals surface area contributed by atoms with Gasteiger partial charge in [-0.1, -0.05) is 30.3 Å². The van der Waals surface area contributed by atoms with Crippen molar-refractivity contribution in [1.82, 2.24) is 4.90 Å². The maximum Gasteiger partial charge on any atom is 0.274 e. The second-order valence-corrected chi connectivity index (χ2v) is 3.57. The molecule has 0 aliphatic carbocycles. The number of rotatable bonds is 3. The quantitative estimate of drug-likeness (QED) is 0.774. The van der Waals surface area contributed by atoms with Gasteiger partial charge in [-0.3, -0.25) is 4.79 Å². The molecule has 4 heteroatoms. The first-order valence-electron chi connectivity index (χ1n) is 4.82. The summed E-state index contributed by atoms with van der Waals surface area (Å²) in [5.41, 5.74) is 0.178. The van der Waals surface area contributed by atoms with Crippen LogP contribution in [0.4, 0.5) is 8.78 Å². The number of carbonyl (C=O) groups excluding carboxylic acids is 1. The van der Waals surface area contributed by atoms with Crippen molar-refractivity contribution < 1.29 is 13.6 Å². The van der Waals surface area contributed by atoms with Crippen LogP contribution in [0.15, 0.2) is 36.4 Å². The van der Waals surface area contributed by atoms with Gasteiger partial charge in [0, 0.05) is 19.7 Å². The maximum atomic E-state index is 12.7. The molecule has 0 aliphatic rings. The predicted octanol–water partition coefficient (Wildman–Crippen LogP) is 2.77. The van der Waals surface area contributed by atoms with E-state index >= 15 is 0 Å². The lowest BCUT2D eigenvalue weighted by Gasteiger charge is -2.11. The van der Waals surface area contributed by atoms with Crippen LogP contribution in [0.1, 0.15) is 12.0 Å². The molecule has 0 heterocycles. The minimum atomic E-state index is -1.80. The lowest BCUT2D eigenvalue weighted by molar-refractivity contribution is -0.127. The highest BCUT2D eigenvalue weighted by molar-refractivity contribution is 5.88. The summed E-state index contributed by atoms with van der Waals surface area (Å²) in [4.78, 5) is 12.7. The summed E-state index contributed by atoms with van der Waals surface area (Å²) in [7, 11) is 3.09. The molecule has 0 saturated carbocycles. The van der Waals surface area contributed by atoms with Crippen LogP contribution in [0.2, 0.25) is 0 Å². The third-order valence-electron chi connectivity index (χ3n) is 2.18. The normalized spacial score (nSPS) is 9.75. The van der Waals surface area contributed by atoms with Crippen LogP contribution in [0.25, 0.3) is 5.57 Å². The molecule has 1 aromatic rings. The zero-order chi connectivity index (χ0) is 12.1. The Bertz CT molecular complexity index is 395. The van der Waals surface area contributed by atoms with E-state index in [-0.39, 0.29) is 17.9 Å². The van der Waals surface area contributed by atoms with E-state index in [2.05, 4.69) is 0 Å². The Morgan fingerprint density at radius 1 is 1.19 bits per heavy atom. The fourth-order valence-corrected chi connectivity index (χ4v) is 1.23. The van der Waals surface area contributed by atoms with Crippen LogP contribution in [0.3, 0.4) is 0 Å². The third-order valence-corrected chi connectivity index (χ3v) is 2.18. The summed E-state index contributed by atoms with van der Waals surface area (Å²) in [5.74, 6) is -0.341. The van der Waals surface area contributed by atoms with Gasteiger partial charge in [-0.25, -0.2) is 0 Å². The summed E-state index contributed by atoms with van der Waals surface area (Å²) in [5, 5.41) is 0. The van der Waals surface area contributed by atoms with Gasteiger partial charge in [0.2, 0.25) is 5.91 Å². The van der Waals surface area contributed by atoms with Gasteiger partial charge in [0.25, 0.3) is 6.08 Å². The molecule has 0 saturated heterocycles. The molecule has 1 rings (SSSR count). The molecule has 0 spiro atoms. The summed E-state index contributed by atoms with van der Waals surface area (Å²) in [6.45, 7) is 0. The molecule has 0 aromatic heterocycles. The van der Waals surface area contributed by atoms with Gasteiger partial charge >= 0.3 is 0 Å². The van der Waals surface area contributed by atoms with Gasteiger partial charge in [0.15, 0.2) is 0 Å².